The molecule has 4 rings (SSSR count). The van der Waals surface area contributed by atoms with Crippen molar-refractivity contribution in [2.75, 3.05) is 13.1 Å². The first-order valence-electron chi connectivity index (χ1n) is 9.00. The number of carbonyl (C=O) groups excluding carboxylic acids is 1. The number of halogens is 1. The lowest BCUT2D eigenvalue weighted by molar-refractivity contribution is 0.0642. The van der Waals surface area contributed by atoms with Crippen LogP contribution in [-0.4, -0.2) is 34.0 Å². The summed E-state index contributed by atoms with van der Waals surface area (Å²) in [6, 6.07) is 15.2. The molecule has 2 heterocycles. The van der Waals surface area contributed by atoms with Crippen LogP contribution in [0.5, 0.6) is 0 Å². The highest BCUT2D eigenvalue weighted by atomic mass is 19.1. The zero-order valence-electron chi connectivity index (χ0n) is 15.1. The molecule has 5 nitrogen and oxygen atoms in total. The number of piperidine rings is 1. The third kappa shape index (κ3) is 3.47. The van der Waals surface area contributed by atoms with Gasteiger partial charge in [0.15, 0.2) is 5.82 Å². The van der Waals surface area contributed by atoms with Crippen LogP contribution in [0.15, 0.2) is 59.1 Å². The normalized spacial score (nSPS) is 19.9. The number of benzene rings is 2. The molecule has 0 bridgehead atoms. The molecule has 1 amide bonds. The van der Waals surface area contributed by atoms with E-state index in [2.05, 4.69) is 17.1 Å². The minimum absolute atomic E-state index is 0.0174. The fourth-order valence-electron chi connectivity index (χ4n) is 3.54. The van der Waals surface area contributed by atoms with Gasteiger partial charge in [-0.05, 0) is 49.2 Å². The van der Waals surface area contributed by atoms with Crippen LogP contribution in [0.1, 0.15) is 35.9 Å². The van der Waals surface area contributed by atoms with Crippen LogP contribution in [0.25, 0.3) is 11.5 Å². The number of hydrogen-bond donors (Lipinski definition) is 0. The highest BCUT2D eigenvalue weighted by molar-refractivity contribution is 5.94. The minimum Gasteiger partial charge on any atom is -0.338 e. The number of likely N-dealkylation sites (tertiary alicyclic amines) is 1. The quantitative estimate of drug-likeness (QED) is 0.702. The maximum Gasteiger partial charge on any atom is 0.257 e. The van der Waals surface area contributed by atoms with Crippen LogP contribution in [0.4, 0.5) is 4.39 Å². The Labute approximate surface area is 156 Å². The van der Waals surface area contributed by atoms with E-state index in [4.69, 9.17) is 4.52 Å². The molecular weight excluding hydrogens is 345 g/mol. The summed E-state index contributed by atoms with van der Waals surface area (Å²) in [6.07, 6.45) is 1.74. The van der Waals surface area contributed by atoms with Crippen molar-refractivity contribution in [3.63, 3.8) is 0 Å². The lowest BCUT2D eigenvalue weighted by Gasteiger charge is -2.38. The number of rotatable bonds is 3. The molecule has 1 aliphatic heterocycles. The standard InChI is InChI=1S/C21H20FN3O2/c1-21(20-23-18(27-24-20)15-8-10-17(22)11-9-15)12-5-13-25(14-21)19(26)16-6-3-2-4-7-16/h2-4,6-11H,5,12-14H2,1H3. The molecular formula is C21H20FN3O2. The Hall–Kier alpha value is -3.02. The van der Waals surface area contributed by atoms with Gasteiger partial charge in [0.2, 0.25) is 0 Å². The summed E-state index contributed by atoms with van der Waals surface area (Å²) in [5.74, 6) is 0.640. The Bertz CT molecular complexity index is 940. The zero-order valence-corrected chi connectivity index (χ0v) is 15.1. The number of nitrogens with zero attached hydrogens (tertiary/aromatic N) is 3. The Balaban J connectivity index is 1.56. The molecule has 1 aliphatic rings. The van der Waals surface area contributed by atoms with Crippen LogP contribution in [0.3, 0.4) is 0 Å². The predicted octanol–water partition coefficient (Wildman–Crippen LogP) is 4.07. The van der Waals surface area contributed by atoms with Gasteiger partial charge in [0.1, 0.15) is 5.82 Å². The van der Waals surface area contributed by atoms with Gasteiger partial charge in [-0.25, -0.2) is 4.39 Å². The van der Waals surface area contributed by atoms with Gasteiger partial charge in [0.25, 0.3) is 11.8 Å². The van der Waals surface area contributed by atoms with Gasteiger partial charge in [-0.1, -0.05) is 30.3 Å². The van der Waals surface area contributed by atoms with E-state index >= 15 is 0 Å². The van der Waals surface area contributed by atoms with Gasteiger partial charge < -0.3 is 9.42 Å². The zero-order chi connectivity index (χ0) is 18.9. The molecule has 3 aromatic rings. The maximum atomic E-state index is 13.1. The van der Waals surface area contributed by atoms with Gasteiger partial charge in [0.05, 0.1) is 0 Å². The van der Waals surface area contributed by atoms with E-state index < -0.39 is 0 Å². The molecule has 1 aromatic heterocycles. The van der Waals surface area contributed by atoms with Gasteiger partial charge in [-0.3, -0.25) is 4.79 Å². The van der Waals surface area contributed by atoms with E-state index in [0.717, 1.165) is 12.8 Å². The number of carbonyl (C=O) groups is 1. The Morgan fingerprint density at radius 1 is 1.15 bits per heavy atom. The summed E-state index contributed by atoms with van der Waals surface area (Å²) < 4.78 is 18.5. The van der Waals surface area contributed by atoms with E-state index in [1.54, 1.807) is 12.1 Å². The maximum absolute atomic E-state index is 13.1. The first-order chi connectivity index (χ1) is 13.0. The summed E-state index contributed by atoms with van der Waals surface area (Å²) >= 11 is 0. The van der Waals surface area contributed by atoms with Crippen molar-refractivity contribution >= 4 is 5.91 Å². The Morgan fingerprint density at radius 2 is 1.89 bits per heavy atom. The molecule has 27 heavy (non-hydrogen) atoms. The van der Waals surface area contributed by atoms with Crippen LogP contribution in [-0.2, 0) is 5.41 Å². The Kier molecular flexibility index (Phi) is 4.48. The highest BCUT2D eigenvalue weighted by Crippen LogP contribution is 2.33. The summed E-state index contributed by atoms with van der Waals surface area (Å²) in [7, 11) is 0. The summed E-state index contributed by atoms with van der Waals surface area (Å²) in [5.41, 5.74) is 0.971. The first kappa shape index (κ1) is 17.4. The van der Waals surface area contributed by atoms with E-state index in [1.165, 1.54) is 12.1 Å². The number of hydrogen-bond acceptors (Lipinski definition) is 4. The van der Waals surface area contributed by atoms with Crippen molar-refractivity contribution in [1.29, 1.82) is 0 Å². The molecule has 1 atom stereocenters. The second-order valence-corrected chi connectivity index (χ2v) is 7.19. The van der Waals surface area contributed by atoms with Crippen LogP contribution in [0.2, 0.25) is 0 Å². The average molecular weight is 365 g/mol. The Morgan fingerprint density at radius 3 is 2.63 bits per heavy atom. The van der Waals surface area contributed by atoms with Crippen molar-refractivity contribution in [3.8, 4) is 11.5 Å². The fourth-order valence-corrected chi connectivity index (χ4v) is 3.54. The third-order valence-corrected chi connectivity index (χ3v) is 5.06. The first-order valence-corrected chi connectivity index (χ1v) is 9.00. The molecule has 0 N–H and O–H groups in total. The van der Waals surface area contributed by atoms with Crippen molar-refractivity contribution in [2.45, 2.75) is 25.2 Å². The topological polar surface area (TPSA) is 59.2 Å². The molecule has 1 unspecified atom stereocenters. The van der Waals surface area contributed by atoms with E-state index in [9.17, 15) is 9.18 Å². The van der Waals surface area contributed by atoms with Crippen LogP contribution < -0.4 is 0 Å². The molecule has 0 spiro atoms. The minimum atomic E-state index is -0.384. The summed E-state index contributed by atoms with van der Waals surface area (Å²) in [6.45, 7) is 3.30. The lowest BCUT2D eigenvalue weighted by Crippen LogP contribution is -2.47. The second kappa shape index (κ2) is 6.95. The average Bonchev–Trinajstić information content (AvgIpc) is 3.20. The SMILES string of the molecule is CC1(c2noc(-c3ccc(F)cc3)n2)CCCN(C(=O)c2ccccc2)C1. The second-order valence-electron chi connectivity index (χ2n) is 7.19. The highest BCUT2D eigenvalue weighted by Gasteiger charge is 2.38. The van der Waals surface area contributed by atoms with Crippen LogP contribution >= 0.6 is 0 Å². The monoisotopic (exact) mass is 365 g/mol. The molecule has 6 heteroatoms. The molecule has 0 radical (unpaired) electrons. The number of amides is 1. The van der Waals surface area contributed by atoms with Crippen molar-refractivity contribution in [3.05, 3.63) is 71.8 Å². The van der Waals surface area contributed by atoms with Gasteiger partial charge >= 0.3 is 0 Å². The predicted molar refractivity (Wildman–Crippen MR) is 98.6 cm³/mol. The molecule has 1 fully saturated rings. The fraction of sp³-hybridized carbons (Fsp3) is 0.286. The largest absolute Gasteiger partial charge is 0.338 e. The van der Waals surface area contributed by atoms with Crippen molar-refractivity contribution in [1.82, 2.24) is 15.0 Å². The molecule has 0 aliphatic carbocycles. The van der Waals surface area contributed by atoms with Crippen LogP contribution in [0, 0.1) is 5.82 Å². The summed E-state index contributed by atoms with van der Waals surface area (Å²) in [5, 5.41) is 4.16. The smallest absolute Gasteiger partial charge is 0.257 e. The van der Waals surface area contributed by atoms with Gasteiger partial charge in [-0.2, -0.15) is 4.98 Å². The molecule has 1 saturated heterocycles. The molecule has 0 saturated carbocycles. The molecule has 2 aromatic carbocycles. The van der Waals surface area contributed by atoms with Crippen molar-refractivity contribution < 1.29 is 13.7 Å². The third-order valence-electron chi connectivity index (χ3n) is 5.06. The van der Waals surface area contributed by atoms with Gasteiger partial charge in [-0.15, -0.1) is 0 Å². The summed E-state index contributed by atoms with van der Waals surface area (Å²) in [4.78, 5) is 19.2. The lowest BCUT2D eigenvalue weighted by atomic mass is 9.81. The number of aromatic nitrogens is 2. The van der Waals surface area contributed by atoms with E-state index in [1.807, 2.05) is 35.2 Å². The molecule has 138 valence electrons. The van der Waals surface area contributed by atoms with E-state index in [0.29, 0.717) is 35.9 Å². The van der Waals surface area contributed by atoms with Gasteiger partial charge in [0, 0.05) is 29.6 Å². The van der Waals surface area contributed by atoms with E-state index in [-0.39, 0.29) is 17.1 Å². The van der Waals surface area contributed by atoms with Crippen molar-refractivity contribution in [2.24, 2.45) is 0 Å².